The molecule has 9 heteroatoms. The van der Waals surface area contributed by atoms with E-state index >= 15 is 0 Å². The molecule has 8 nitrogen and oxygen atoms in total. The maximum Gasteiger partial charge on any atom is 0.255 e. The maximum atomic E-state index is 13.1. The van der Waals surface area contributed by atoms with Crippen molar-refractivity contribution in [3.63, 3.8) is 0 Å². The lowest BCUT2D eigenvalue weighted by Gasteiger charge is -2.34. The molecular formula is C22H25N3O5S. The summed E-state index contributed by atoms with van der Waals surface area (Å²) in [4.78, 5) is 12.8. The number of rotatable bonds is 5. The van der Waals surface area contributed by atoms with Gasteiger partial charge in [0.25, 0.3) is 5.91 Å². The van der Waals surface area contributed by atoms with E-state index < -0.39 is 22.2 Å². The van der Waals surface area contributed by atoms with Gasteiger partial charge in [0.2, 0.25) is 10.0 Å². The van der Waals surface area contributed by atoms with Crippen molar-refractivity contribution in [3.8, 4) is 6.07 Å². The summed E-state index contributed by atoms with van der Waals surface area (Å²) in [5.74, 6) is -0.0986. The molecule has 164 valence electrons. The van der Waals surface area contributed by atoms with Crippen molar-refractivity contribution < 1.29 is 23.4 Å². The molecule has 3 rings (SSSR count). The summed E-state index contributed by atoms with van der Waals surface area (Å²) in [5.41, 5.74) is 0.402. The Balaban J connectivity index is 1.87. The van der Waals surface area contributed by atoms with Gasteiger partial charge < -0.3 is 15.5 Å². The SMILES string of the molecule is CC1CC(C)CN(S(=O)(=O)c2cccc(C(=O)Nc3ccc(C#N)cc3C(O)O)c2)C1. The molecule has 2 atom stereocenters. The molecule has 1 aliphatic rings. The third kappa shape index (κ3) is 5.11. The molecule has 2 unspecified atom stereocenters. The molecule has 0 saturated carbocycles. The second-order valence-corrected chi connectivity index (χ2v) is 9.98. The summed E-state index contributed by atoms with van der Waals surface area (Å²) in [6.45, 7) is 4.91. The number of piperidine rings is 1. The van der Waals surface area contributed by atoms with Crippen LogP contribution in [0.1, 0.15) is 48.0 Å². The molecule has 1 aliphatic heterocycles. The van der Waals surface area contributed by atoms with Crippen molar-refractivity contribution in [2.24, 2.45) is 11.8 Å². The molecule has 0 radical (unpaired) electrons. The van der Waals surface area contributed by atoms with Crippen LogP contribution >= 0.6 is 0 Å². The monoisotopic (exact) mass is 443 g/mol. The van der Waals surface area contributed by atoms with Crippen molar-refractivity contribution in [1.82, 2.24) is 4.31 Å². The topological polar surface area (TPSA) is 131 Å². The number of anilines is 1. The lowest BCUT2D eigenvalue weighted by atomic mass is 9.94. The summed E-state index contributed by atoms with van der Waals surface area (Å²) in [7, 11) is -3.75. The number of aliphatic hydroxyl groups excluding tert-OH is 1. The summed E-state index contributed by atoms with van der Waals surface area (Å²) < 4.78 is 27.7. The Morgan fingerprint density at radius 1 is 1.16 bits per heavy atom. The number of nitriles is 1. The van der Waals surface area contributed by atoms with E-state index in [9.17, 15) is 23.4 Å². The fourth-order valence-electron chi connectivity index (χ4n) is 3.90. The predicted octanol–water partition coefficient (Wildman–Crippen LogP) is 2.46. The van der Waals surface area contributed by atoms with E-state index in [0.717, 1.165) is 6.42 Å². The van der Waals surface area contributed by atoms with Gasteiger partial charge in [-0.05, 0) is 54.7 Å². The van der Waals surface area contributed by atoms with Gasteiger partial charge in [-0.25, -0.2) is 8.42 Å². The first-order valence-electron chi connectivity index (χ1n) is 9.93. The summed E-state index contributed by atoms with van der Waals surface area (Å²) >= 11 is 0. The van der Waals surface area contributed by atoms with Crippen LogP contribution in [0.3, 0.4) is 0 Å². The molecule has 3 N–H and O–H groups in total. The lowest BCUT2D eigenvalue weighted by molar-refractivity contribution is -0.0419. The molecule has 0 aromatic heterocycles. The van der Waals surface area contributed by atoms with Crippen LogP contribution < -0.4 is 5.32 Å². The number of nitrogens with one attached hydrogen (secondary N) is 1. The molecule has 0 bridgehead atoms. The number of amides is 1. The highest BCUT2D eigenvalue weighted by atomic mass is 32.2. The van der Waals surface area contributed by atoms with Gasteiger partial charge in [-0.2, -0.15) is 9.57 Å². The van der Waals surface area contributed by atoms with Gasteiger partial charge in [-0.15, -0.1) is 0 Å². The van der Waals surface area contributed by atoms with E-state index in [4.69, 9.17) is 5.26 Å². The van der Waals surface area contributed by atoms with Crippen molar-refractivity contribution in [2.45, 2.75) is 31.5 Å². The van der Waals surface area contributed by atoms with Gasteiger partial charge in [0.05, 0.1) is 16.5 Å². The Hall–Kier alpha value is -2.77. The van der Waals surface area contributed by atoms with Crippen LogP contribution in [0.5, 0.6) is 0 Å². The number of carbonyl (C=O) groups excluding carboxylic acids is 1. The quantitative estimate of drug-likeness (QED) is 0.609. The molecule has 2 aromatic carbocycles. The normalized spacial score (nSPS) is 19.7. The predicted molar refractivity (Wildman–Crippen MR) is 114 cm³/mol. The molecule has 1 saturated heterocycles. The number of hydrogen-bond donors (Lipinski definition) is 3. The minimum absolute atomic E-state index is 0.0312. The van der Waals surface area contributed by atoms with E-state index in [2.05, 4.69) is 5.32 Å². The Morgan fingerprint density at radius 3 is 2.45 bits per heavy atom. The van der Waals surface area contributed by atoms with E-state index in [-0.39, 0.29) is 39.1 Å². The van der Waals surface area contributed by atoms with E-state index in [0.29, 0.717) is 13.1 Å². The van der Waals surface area contributed by atoms with Crippen LogP contribution in [0, 0.1) is 23.2 Å². The van der Waals surface area contributed by atoms with Gasteiger partial charge in [-0.1, -0.05) is 19.9 Å². The van der Waals surface area contributed by atoms with Crippen LogP contribution in [0.15, 0.2) is 47.4 Å². The van der Waals surface area contributed by atoms with Crippen LogP contribution in [0.4, 0.5) is 5.69 Å². The minimum Gasteiger partial charge on any atom is -0.364 e. The van der Waals surface area contributed by atoms with Gasteiger partial charge in [0.1, 0.15) is 0 Å². The zero-order valence-corrected chi connectivity index (χ0v) is 18.1. The molecule has 1 heterocycles. The Bertz CT molecular complexity index is 1110. The molecule has 1 fully saturated rings. The zero-order chi connectivity index (χ0) is 22.8. The number of hydrogen-bond acceptors (Lipinski definition) is 6. The first-order chi connectivity index (χ1) is 14.6. The molecular weight excluding hydrogens is 418 g/mol. The molecule has 1 amide bonds. The van der Waals surface area contributed by atoms with E-state index in [1.165, 1.54) is 46.8 Å². The minimum atomic E-state index is -3.75. The first kappa shape index (κ1) is 22.9. The van der Waals surface area contributed by atoms with Crippen LogP contribution in [0.25, 0.3) is 0 Å². The Kier molecular flexibility index (Phi) is 6.77. The lowest BCUT2D eigenvalue weighted by Crippen LogP contribution is -2.42. The van der Waals surface area contributed by atoms with Crippen molar-refractivity contribution >= 4 is 21.6 Å². The zero-order valence-electron chi connectivity index (χ0n) is 17.3. The number of benzene rings is 2. The highest BCUT2D eigenvalue weighted by Gasteiger charge is 2.32. The second kappa shape index (κ2) is 9.16. The van der Waals surface area contributed by atoms with Crippen molar-refractivity contribution in [3.05, 3.63) is 59.2 Å². The van der Waals surface area contributed by atoms with Gasteiger partial charge in [0, 0.05) is 29.9 Å². The first-order valence-corrected chi connectivity index (χ1v) is 11.4. The van der Waals surface area contributed by atoms with Gasteiger partial charge >= 0.3 is 0 Å². The molecule has 2 aromatic rings. The highest BCUT2D eigenvalue weighted by Crippen LogP contribution is 2.28. The summed E-state index contributed by atoms with van der Waals surface area (Å²) in [6.07, 6.45) is -0.920. The number of carbonyl (C=O) groups is 1. The Labute approximate surface area is 181 Å². The second-order valence-electron chi connectivity index (χ2n) is 8.04. The number of sulfonamides is 1. The van der Waals surface area contributed by atoms with Gasteiger partial charge in [0.15, 0.2) is 6.29 Å². The van der Waals surface area contributed by atoms with Crippen LogP contribution in [0.2, 0.25) is 0 Å². The maximum absolute atomic E-state index is 13.1. The molecule has 0 spiro atoms. The standard InChI is InChI=1S/C22H25N3O5S/c1-14-8-15(2)13-25(12-14)31(29,30)18-5-3-4-17(10-18)21(26)24-20-7-6-16(11-23)9-19(20)22(27)28/h3-7,9-10,14-15,22,27-28H,8,12-13H2,1-2H3,(H,24,26). The number of nitrogens with zero attached hydrogens (tertiary/aromatic N) is 2. The summed E-state index contributed by atoms with van der Waals surface area (Å²) in [5, 5.41) is 30.6. The highest BCUT2D eigenvalue weighted by molar-refractivity contribution is 7.89. The number of aliphatic hydroxyl groups is 2. The largest absolute Gasteiger partial charge is 0.364 e. The third-order valence-corrected chi connectivity index (χ3v) is 7.10. The van der Waals surface area contributed by atoms with Crippen LogP contribution in [-0.2, 0) is 10.0 Å². The average molecular weight is 444 g/mol. The third-order valence-electron chi connectivity index (χ3n) is 5.28. The van der Waals surface area contributed by atoms with Crippen LogP contribution in [-0.4, -0.2) is 41.9 Å². The van der Waals surface area contributed by atoms with Gasteiger partial charge in [-0.3, -0.25) is 4.79 Å². The smallest absolute Gasteiger partial charge is 0.255 e. The fraction of sp³-hybridized carbons (Fsp3) is 0.364. The van der Waals surface area contributed by atoms with Crippen molar-refractivity contribution in [1.29, 1.82) is 5.26 Å². The van der Waals surface area contributed by atoms with E-state index in [1.54, 1.807) is 0 Å². The van der Waals surface area contributed by atoms with E-state index in [1.807, 2.05) is 19.9 Å². The molecule has 31 heavy (non-hydrogen) atoms. The average Bonchev–Trinajstić information content (AvgIpc) is 2.73. The van der Waals surface area contributed by atoms with Crippen molar-refractivity contribution in [2.75, 3.05) is 18.4 Å². The Morgan fingerprint density at radius 2 is 1.84 bits per heavy atom. The summed E-state index contributed by atoms with van der Waals surface area (Å²) in [6, 6.07) is 11.7. The molecule has 0 aliphatic carbocycles. The fourth-order valence-corrected chi connectivity index (χ4v) is 5.63.